The number of aryl methyl sites for hydroxylation is 1. The molecule has 0 radical (unpaired) electrons. The van der Waals surface area contributed by atoms with E-state index >= 15 is 0 Å². The monoisotopic (exact) mass is 199 g/mol. The summed E-state index contributed by atoms with van der Waals surface area (Å²) in [5, 5.41) is 12.4. The van der Waals surface area contributed by atoms with Crippen molar-refractivity contribution >= 4 is 0 Å². The van der Waals surface area contributed by atoms with Crippen LogP contribution in [0.25, 0.3) is 0 Å². The van der Waals surface area contributed by atoms with Crippen molar-refractivity contribution in [2.24, 2.45) is 0 Å². The van der Waals surface area contributed by atoms with E-state index in [1.54, 1.807) is 0 Å². The fourth-order valence-electron chi connectivity index (χ4n) is 1.16. The van der Waals surface area contributed by atoms with Crippen molar-refractivity contribution in [3.63, 3.8) is 0 Å². The lowest BCUT2D eigenvalue weighted by Gasteiger charge is -2.00. The summed E-state index contributed by atoms with van der Waals surface area (Å²) >= 11 is 0. The quantitative estimate of drug-likeness (QED) is 0.678. The van der Waals surface area contributed by atoms with Crippen molar-refractivity contribution in [1.82, 2.24) is 5.16 Å². The third-order valence-corrected chi connectivity index (χ3v) is 1.87. The largest absolute Gasteiger partial charge is 0.396 e. The van der Waals surface area contributed by atoms with Gasteiger partial charge in [-0.25, -0.2) is 0 Å². The highest BCUT2D eigenvalue weighted by Crippen LogP contribution is 2.03. The Morgan fingerprint density at radius 2 is 2.29 bits per heavy atom. The van der Waals surface area contributed by atoms with Crippen LogP contribution in [0, 0.1) is 6.92 Å². The number of aromatic nitrogens is 1. The van der Waals surface area contributed by atoms with Crippen molar-refractivity contribution in [2.75, 3.05) is 13.2 Å². The Kier molecular flexibility index (Phi) is 5.25. The van der Waals surface area contributed by atoms with Gasteiger partial charge in [-0.1, -0.05) is 5.16 Å². The normalized spacial score (nSPS) is 10.7. The first kappa shape index (κ1) is 11.2. The van der Waals surface area contributed by atoms with Crippen LogP contribution in [0.3, 0.4) is 0 Å². The fraction of sp³-hybridized carbons (Fsp3) is 0.700. The molecule has 1 N–H and O–H groups in total. The molecule has 4 nitrogen and oxygen atoms in total. The number of aliphatic hydroxyl groups is 1. The molecule has 4 heteroatoms. The molecule has 0 aromatic carbocycles. The first-order valence-corrected chi connectivity index (χ1v) is 4.93. The molecule has 0 saturated heterocycles. The molecule has 1 aromatic heterocycles. The molecule has 80 valence electrons. The molecule has 0 bridgehead atoms. The third kappa shape index (κ3) is 4.39. The highest BCUT2D eigenvalue weighted by molar-refractivity contribution is 5.01. The number of hydrogen-bond donors (Lipinski definition) is 1. The van der Waals surface area contributed by atoms with Crippen molar-refractivity contribution in [3.8, 4) is 0 Å². The molecule has 1 rings (SSSR count). The van der Waals surface area contributed by atoms with Gasteiger partial charge in [-0.3, -0.25) is 0 Å². The number of hydrogen-bond acceptors (Lipinski definition) is 4. The molecule has 1 heterocycles. The molecule has 14 heavy (non-hydrogen) atoms. The van der Waals surface area contributed by atoms with Gasteiger partial charge >= 0.3 is 0 Å². The fourth-order valence-corrected chi connectivity index (χ4v) is 1.16. The highest BCUT2D eigenvalue weighted by Gasteiger charge is 1.99. The maximum atomic E-state index is 8.54. The van der Waals surface area contributed by atoms with Crippen LogP contribution >= 0.6 is 0 Å². The minimum absolute atomic E-state index is 0.266. The van der Waals surface area contributed by atoms with E-state index in [4.69, 9.17) is 14.4 Å². The zero-order valence-corrected chi connectivity index (χ0v) is 8.53. The average Bonchev–Trinajstić information content (AvgIpc) is 2.58. The van der Waals surface area contributed by atoms with Gasteiger partial charge < -0.3 is 14.4 Å². The molecular weight excluding hydrogens is 182 g/mol. The topological polar surface area (TPSA) is 55.5 Å². The minimum atomic E-state index is 0.266. The van der Waals surface area contributed by atoms with Gasteiger partial charge in [0.05, 0.1) is 6.61 Å². The van der Waals surface area contributed by atoms with Crippen LogP contribution < -0.4 is 0 Å². The summed E-state index contributed by atoms with van der Waals surface area (Å²) in [6.07, 6.45) is 2.85. The number of unbranched alkanes of at least 4 members (excludes halogenated alkanes) is 2. The SMILES string of the molecule is Cc1cc(COCCCCCO)no1. The van der Waals surface area contributed by atoms with Gasteiger partial charge in [0, 0.05) is 19.3 Å². The number of ether oxygens (including phenoxy) is 1. The molecule has 0 atom stereocenters. The Hall–Kier alpha value is -0.870. The zero-order chi connectivity index (χ0) is 10.2. The van der Waals surface area contributed by atoms with Gasteiger partial charge in [-0.15, -0.1) is 0 Å². The summed E-state index contributed by atoms with van der Waals surface area (Å²) in [5.74, 6) is 0.809. The molecule has 0 spiro atoms. The predicted molar refractivity (Wildman–Crippen MR) is 51.8 cm³/mol. The summed E-state index contributed by atoms with van der Waals surface area (Å²) < 4.78 is 10.3. The lowest BCUT2D eigenvalue weighted by Crippen LogP contribution is -1.96. The summed E-state index contributed by atoms with van der Waals surface area (Å²) in [7, 11) is 0. The molecule has 0 aliphatic rings. The summed E-state index contributed by atoms with van der Waals surface area (Å²) in [4.78, 5) is 0. The lowest BCUT2D eigenvalue weighted by molar-refractivity contribution is 0.110. The molecule has 0 unspecified atom stereocenters. The van der Waals surface area contributed by atoms with Gasteiger partial charge in [0.2, 0.25) is 0 Å². The molecule has 0 saturated carbocycles. The Labute approximate surface area is 83.9 Å². The predicted octanol–water partition coefficient (Wildman–Crippen LogP) is 1.66. The maximum absolute atomic E-state index is 8.54. The molecule has 0 fully saturated rings. The second kappa shape index (κ2) is 6.56. The van der Waals surface area contributed by atoms with Crippen LogP contribution in [0.2, 0.25) is 0 Å². The van der Waals surface area contributed by atoms with Crippen molar-refractivity contribution in [3.05, 3.63) is 17.5 Å². The van der Waals surface area contributed by atoms with Crippen LogP contribution in [0.5, 0.6) is 0 Å². The molecule has 1 aromatic rings. The van der Waals surface area contributed by atoms with E-state index < -0.39 is 0 Å². The standard InChI is InChI=1S/C10H17NO3/c1-9-7-10(11-14-9)8-13-6-4-2-3-5-12/h7,12H,2-6,8H2,1H3. The van der Waals surface area contributed by atoms with Gasteiger partial charge in [-0.2, -0.15) is 0 Å². The van der Waals surface area contributed by atoms with Crippen molar-refractivity contribution in [2.45, 2.75) is 32.8 Å². The second-order valence-corrected chi connectivity index (χ2v) is 3.27. The van der Waals surface area contributed by atoms with E-state index in [-0.39, 0.29) is 6.61 Å². The summed E-state index contributed by atoms with van der Waals surface area (Å²) in [5.41, 5.74) is 0.838. The van der Waals surface area contributed by atoms with E-state index in [1.165, 1.54) is 0 Å². The number of aliphatic hydroxyl groups excluding tert-OH is 1. The molecule has 0 aliphatic heterocycles. The van der Waals surface area contributed by atoms with E-state index in [1.807, 2.05) is 13.0 Å². The van der Waals surface area contributed by atoms with E-state index in [0.29, 0.717) is 13.2 Å². The maximum Gasteiger partial charge on any atom is 0.134 e. The van der Waals surface area contributed by atoms with Crippen LogP contribution in [-0.4, -0.2) is 23.5 Å². The van der Waals surface area contributed by atoms with Crippen molar-refractivity contribution in [1.29, 1.82) is 0 Å². The van der Waals surface area contributed by atoms with Crippen molar-refractivity contribution < 1.29 is 14.4 Å². The Bertz CT molecular complexity index is 247. The average molecular weight is 199 g/mol. The van der Waals surface area contributed by atoms with E-state index in [2.05, 4.69) is 5.16 Å². The molecule has 0 amide bonds. The van der Waals surface area contributed by atoms with Gasteiger partial charge in [-0.05, 0) is 26.2 Å². The Morgan fingerprint density at radius 1 is 1.43 bits per heavy atom. The molecule has 0 aliphatic carbocycles. The summed E-state index contributed by atoms with van der Waals surface area (Å²) in [6, 6.07) is 1.87. The Morgan fingerprint density at radius 3 is 2.93 bits per heavy atom. The smallest absolute Gasteiger partial charge is 0.134 e. The molecular formula is C10H17NO3. The third-order valence-electron chi connectivity index (χ3n) is 1.87. The zero-order valence-electron chi connectivity index (χ0n) is 8.53. The summed E-state index contributed by atoms with van der Waals surface area (Å²) in [6.45, 7) is 3.35. The lowest BCUT2D eigenvalue weighted by atomic mass is 10.2. The first-order chi connectivity index (χ1) is 6.83. The first-order valence-electron chi connectivity index (χ1n) is 4.93. The van der Waals surface area contributed by atoms with Crippen LogP contribution in [-0.2, 0) is 11.3 Å². The van der Waals surface area contributed by atoms with E-state index in [0.717, 1.165) is 30.7 Å². The Balaban J connectivity index is 1.99. The number of nitrogens with zero attached hydrogens (tertiary/aromatic N) is 1. The van der Waals surface area contributed by atoms with Gasteiger partial charge in [0.15, 0.2) is 0 Å². The van der Waals surface area contributed by atoms with Crippen LogP contribution in [0.4, 0.5) is 0 Å². The van der Waals surface area contributed by atoms with E-state index in [9.17, 15) is 0 Å². The minimum Gasteiger partial charge on any atom is -0.396 e. The highest BCUT2D eigenvalue weighted by atomic mass is 16.5. The van der Waals surface area contributed by atoms with Gasteiger partial charge in [0.25, 0.3) is 0 Å². The number of rotatable bonds is 7. The van der Waals surface area contributed by atoms with Crippen LogP contribution in [0.1, 0.15) is 30.7 Å². The van der Waals surface area contributed by atoms with Crippen LogP contribution in [0.15, 0.2) is 10.6 Å². The second-order valence-electron chi connectivity index (χ2n) is 3.27. The van der Waals surface area contributed by atoms with Gasteiger partial charge in [0.1, 0.15) is 11.5 Å².